The highest BCUT2D eigenvalue weighted by Gasteiger charge is 2.51. The second kappa shape index (κ2) is 8.70. The molecule has 2 N–H and O–H groups in total. The van der Waals surface area contributed by atoms with Crippen molar-refractivity contribution in [2.45, 2.75) is 95.9 Å². The SMILES string of the molecule is CC(C)c1ccc(C2c3[nH]c4ccccc4c3CC3C(=O)N(C4CC(C)(C)NC(C)(C)C4)CC(=O)N32)cc1. The highest BCUT2D eigenvalue weighted by molar-refractivity contribution is 5.98. The van der Waals surface area contributed by atoms with Gasteiger partial charge >= 0.3 is 0 Å². The fraction of sp³-hybridized carbons (Fsp3) is 0.500. The van der Waals surface area contributed by atoms with Crippen LogP contribution in [-0.4, -0.2) is 56.3 Å². The van der Waals surface area contributed by atoms with Crippen LogP contribution in [0.2, 0.25) is 0 Å². The van der Waals surface area contributed by atoms with Crippen molar-refractivity contribution < 1.29 is 9.59 Å². The molecule has 2 fully saturated rings. The molecule has 3 aliphatic rings. The van der Waals surface area contributed by atoms with Crippen LogP contribution in [0.4, 0.5) is 0 Å². The summed E-state index contributed by atoms with van der Waals surface area (Å²) in [7, 11) is 0. The monoisotopic (exact) mass is 512 g/mol. The number of hydrogen-bond donors (Lipinski definition) is 2. The van der Waals surface area contributed by atoms with Gasteiger partial charge in [-0.15, -0.1) is 0 Å². The molecule has 3 aliphatic heterocycles. The molecule has 0 bridgehead atoms. The standard InChI is InChI=1S/C32H40N4O2/c1-19(2)20-11-13-21(14-12-20)29-28-24(23-9-7-8-10-25(23)33-28)15-26-30(38)35(18-27(37)36(26)29)22-16-31(3,4)34-32(5,6)17-22/h7-14,19,22,26,29,33-34H,15-18H2,1-6H3. The maximum absolute atomic E-state index is 14.3. The van der Waals surface area contributed by atoms with Gasteiger partial charge in [0.1, 0.15) is 12.6 Å². The van der Waals surface area contributed by atoms with Crippen molar-refractivity contribution in [2.24, 2.45) is 0 Å². The number of amides is 2. The zero-order valence-electron chi connectivity index (χ0n) is 23.5. The van der Waals surface area contributed by atoms with Gasteiger partial charge in [0.25, 0.3) is 0 Å². The van der Waals surface area contributed by atoms with Crippen LogP contribution in [0.3, 0.4) is 0 Å². The average Bonchev–Trinajstić information content (AvgIpc) is 3.21. The summed E-state index contributed by atoms with van der Waals surface area (Å²) in [6.07, 6.45) is 2.21. The molecule has 2 saturated heterocycles. The van der Waals surface area contributed by atoms with Crippen LogP contribution in [0, 0.1) is 0 Å². The molecular formula is C32H40N4O2. The molecule has 2 aromatic carbocycles. The number of carbonyl (C=O) groups is 2. The zero-order valence-corrected chi connectivity index (χ0v) is 23.5. The number of piperazine rings is 1. The molecule has 1 aromatic heterocycles. The second-order valence-electron chi connectivity index (χ2n) is 13.2. The molecule has 2 amide bonds. The fourth-order valence-electron chi connectivity index (χ4n) is 7.49. The Labute approximate surface area is 225 Å². The summed E-state index contributed by atoms with van der Waals surface area (Å²) in [6, 6.07) is 16.1. The van der Waals surface area contributed by atoms with Crippen molar-refractivity contribution in [1.82, 2.24) is 20.1 Å². The first-order chi connectivity index (χ1) is 17.9. The van der Waals surface area contributed by atoms with Crippen LogP contribution in [-0.2, 0) is 16.0 Å². The van der Waals surface area contributed by atoms with Gasteiger partial charge in [-0.3, -0.25) is 9.59 Å². The third-order valence-electron chi connectivity index (χ3n) is 8.82. The van der Waals surface area contributed by atoms with Gasteiger partial charge in [0.05, 0.1) is 6.04 Å². The molecule has 2 atom stereocenters. The molecule has 38 heavy (non-hydrogen) atoms. The van der Waals surface area contributed by atoms with Gasteiger partial charge in [-0.25, -0.2) is 0 Å². The van der Waals surface area contributed by atoms with E-state index in [2.05, 4.69) is 94.3 Å². The number of carbonyl (C=O) groups excluding carboxylic acids is 2. The molecule has 6 nitrogen and oxygen atoms in total. The Balaban J connectivity index is 1.44. The first-order valence-corrected chi connectivity index (χ1v) is 14.0. The minimum absolute atomic E-state index is 0.0333. The number of nitrogens with zero attached hydrogens (tertiary/aromatic N) is 2. The first kappa shape index (κ1) is 25.2. The Kier molecular flexibility index (Phi) is 5.76. The molecule has 0 spiro atoms. The summed E-state index contributed by atoms with van der Waals surface area (Å²) in [5.74, 6) is 0.547. The summed E-state index contributed by atoms with van der Waals surface area (Å²) in [5, 5.41) is 4.86. The van der Waals surface area contributed by atoms with Crippen molar-refractivity contribution in [3.63, 3.8) is 0 Å². The van der Waals surface area contributed by atoms with E-state index in [1.165, 1.54) is 5.56 Å². The van der Waals surface area contributed by atoms with Crippen LogP contribution >= 0.6 is 0 Å². The van der Waals surface area contributed by atoms with Gasteiger partial charge in [-0.1, -0.05) is 56.3 Å². The van der Waals surface area contributed by atoms with E-state index in [0.717, 1.165) is 40.6 Å². The molecule has 0 saturated carbocycles. The molecule has 0 radical (unpaired) electrons. The number of piperidine rings is 1. The lowest BCUT2D eigenvalue weighted by atomic mass is 9.78. The van der Waals surface area contributed by atoms with Gasteiger partial charge in [0.2, 0.25) is 11.8 Å². The summed E-state index contributed by atoms with van der Waals surface area (Å²) in [6.45, 7) is 13.3. The topological polar surface area (TPSA) is 68.4 Å². The Hall–Kier alpha value is -3.12. The maximum atomic E-state index is 14.3. The van der Waals surface area contributed by atoms with E-state index in [4.69, 9.17) is 0 Å². The van der Waals surface area contributed by atoms with E-state index < -0.39 is 6.04 Å². The van der Waals surface area contributed by atoms with E-state index >= 15 is 0 Å². The lowest BCUT2D eigenvalue weighted by molar-refractivity contribution is -0.162. The van der Waals surface area contributed by atoms with Gasteiger partial charge in [-0.05, 0) is 69.2 Å². The largest absolute Gasteiger partial charge is 0.356 e. The molecular weight excluding hydrogens is 472 g/mol. The molecule has 6 heteroatoms. The normalized spacial score (nSPS) is 25.1. The van der Waals surface area contributed by atoms with E-state index in [9.17, 15) is 9.59 Å². The quantitative estimate of drug-likeness (QED) is 0.501. The molecule has 3 aromatic rings. The summed E-state index contributed by atoms with van der Waals surface area (Å²) in [5.41, 5.74) is 5.35. The van der Waals surface area contributed by atoms with Gasteiger partial charge in [0.15, 0.2) is 0 Å². The number of fused-ring (bicyclic) bond motifs is 4. The minimum atomic E-state index is -0.501. The van der Waals surface area contributed by atoms with Gasteiger partial charge in [-0.2, -0.15) is 0 Å². The number of benzene rings is 2. The fourth-order valence-corrected chi connectivity index (χ4v) is 7.49. The van der Waals surface area contributed by atoms with Crippen molar-refractivity contribution in [3.8, 4) is 0 Å². The van der Waals surface area contributed by atoms with Crippen LogP contribution in [0.1, 0.15) is 88.7 Å². The second-order valence-corrected chi connectivity index (χ2v) is 13.2. The number of rotatable bonds is 3. The number of H-pyrrole nitrogens is 1. The van der Waals surface area contributed by atoms with E-state index in [-0.39, 0.29) is 41.5 Å². The third-order valence-corrected chi connectivity index (χ3v) is 8.82. The third kappa shape index (κ3) is 4.14. The predicted octanol–water partition coefficient (Wildman–Crippen LogP) is 5.29. The van der Waals surface area contributed by atoms with E-state index in [0.29, 0.717) is 12.3 Å². The Bertz CT molecular complexity index is 1380. The van der Waals surface area contributed by atoms with Crippen molar-refractivity contribution in [3.05, 3.63) is 70.9 Å². The van der Waals surface area contributed by atoms with Crippen LogP contribution < -0.4 is 5.32 Å². The van der Waals surface area contributed by atoms with Crippen molar-refractivity contribution in [1.29, 1.82) is 0 Å². The van der Waals surface area contributed by atoms with Gasteiger partial charge < -0.3 is 20.1 Å². The maximum Gasteiger partial charge on any atom is 0.246 e. The summed E-state index contributed by atoms with van der Waals surface area (Å²) >= 11 is 0. The lowest BCUT2D eigenvalue weighted by Crippen LogP contribution is -2.69. The van der Waals surface area contributed by atoms with Crippen LogP contribution in [0.5, 0.6) is 0 Å². The molecule has 2 unspecified atom stereocenters. The molecule has 200 valence electrons. The highest BCUT2D eigenvalue weighted by atomic mass is 16.2. The molecule has 0 aliphatic carbocycles. The lowest BCUT2D eigenvalue weighted by Gasteiger charge is -2.53. The number of aromatic nitrogens is 1. The molecule has 6 rings (SSSR count). The zero-order chi connectivity index (χ0) is 27.0. The Morgan fingerprint density at radius 3 is 2.24 bits per heavy atom. The number of para-hydroxylation sites is 1. The first-order valence-electron chi connectivity index (χ1n) is 14.0. The highest BCUT2D eigenvalue weighted by Crippen LogP contribution is 2.44. The van der Waals surface area contributed by atoms with Crippen molar-refractivity contribution >= 4 is 22.7 Å². The Morgan fingerprint density at radius 2 is 1.58 bits per heavy atom. The van der Waals surface area contributed by atoms with E-state index in [1.54, 1.807) is 0 Å². The van der Waals surface area contributed by atoms with Crippen LogP contribution in [0.25, 0.3) is 10.9 Å². The smallest absolute Gasteiger partial charge is 0.246 e. The predicted molar refractivity (Wildman–Crippen MR) is 151 cm³/mol. The van der Waals surface area contributed by atoms with E-state index in [1.807, 2.05) is 15.9 Å². The number of nitrogens with one attached hydrogen (secondary N) is 2. The minimum Gasteiger partial charge on any atom is -0.356 e. The Morgan fingerprint density at radius 1 is 0.921 bits per heavy atom. The number of hydrogen-bond acceptors (Lipinski definition) is 3. The van der Waals surface area contributed by atoms with Crippen molar-refractivity contribution in [2.75, 3.05) is 6.54 Å². The molecule has 4 heterocycles. The summed E-state index contributed by atoms with van der Waals surface area (Å²) < 4.78 is 0. The van der Waals surface area contributed by atoms with Crippen LogP contribution in [0.15, 0.2) is 48.5 Å². The summed E-state index contributed by atoms with van der Waals surface area (Å²) in [4.78, 5) is 35.8. The average molecular weight is 513 g/mol. The number of aromatic amines is 1. The van der Waals surface area contributed by atoms with Gasteiger partial charge in [0, 0.05) is 40.1 Å².